The summed E-state index contributed by atoms with van der Waals surface area (Å²) in [4.78, 5) is 19.7. The van der Waals surface area contributed by atoms with Crippen molar-refractivity contribution < 1.29 is 4.79 Å². The van der Waals surface area contributed by atoms with E-state index >= 15 is 0 Å². The maximum absolute atomic E-state index is 11.8. The van der Waals surface area contributed by atoms with Crippen LogP contribution < -0.4 is 16.0 Å². The van der Waals surface area contributed by atoms with E-state index in [1.54, 1.807) is 7.05 Å². The zero-order valence-electron chi connectivity index (χ0n) is 21.9. The summed E-state index contributed by atoms with van der Waals surface area (Å²) >= 11 is 0. The lowest BCUT2D eigenvalue weighted by Crippen LogP contribution is -2.24. The smallest absolute Gasteiger partial charge is 0.318 e. The Morgan fingerprint density at radius 1 is 0.973 bits per heavy atom. The lowest BCUT2D eigenvalue weighted by Gasteiger charge is -2.10. The predicted octanol–water partition coefficient (Wildman–Crippen LogP) is 6.35. The summed E-state index contributed by atoms with van der Waals surface area (Å²) in [5, 5.41) is 10.3. The molecule has 37 heavy (non-hydrogen) atoms. The van der Waals surface area contributed by atoms with Gasteiger partial charge < -0.3 is 20.9 Å². The molecule has 0 aliphatic carbocycles. The summed E-state index contributed by atoms with van der Waals surface area (Å²) in [5.74, 6) is 0. The van der Waals surface area contributed by atoms with Gasteiger partial charge in [0.15, 0.2) is 0 Å². The van der Waals surface area contributed by atoms with Crippen molar-refractivity contribution >= 4 is 22.6 Å². The Hall–Kier alpha value is -4.04. The fraction of sp³-hybridized carbons (Fsp3) is 0.310. The van der Waals surface area contributed by atoms with Gasteiger partial charge in [-0.15, -0.1) is 0 Å². The highest BCUT2D eigenvalue weighted by Crippen LogP contribution is 2.33. The van der Waals surface area contributed by atoms with E-state index in [1.165, 1.54) is 27.8 Å². The maximum Gasteiger partial charge on any atom is 0.318 e. The minimum atomic E-state index is -0.219. The number of nitrogens with one attached hydrogen (secondary N) is 6. The van der Waals surface area contributed by atoms with Crippen LogP contribution in [0.5, 0.6) is 0 Å². The molecule has 0 aliphatic heterocycles. The average Bonchev–Trinajstić information content (AvgIpc) is 3.27. The molecule has 0 bridgehead atoms. The maximum atomic E-state index is 11.8. The molecule has 4 rings (SSSR count). The van der Waals surface area contributed by atoms with E-state index < -0.39 is 0 Å². The van der Waals surface area contributed by atoms with Crippen molar-refractivity contribution in [2.45, 2.75) is 39.5 Å². The largest absolute Gasteiger partial charge is 0.354 e. The number of carbonyl (C=O) groups excluding carboxylic acids is 1. The van der Waals surface area contributed by atoms with Gasteiger partial charge in [-0.05, 0) is 106 Å². The number of urea groups is 1. The Kier molecular flexibility index (Phi) is 10.3. The lowest BCUT2D eigenvalue weighted by molar-refractivity contribution is 0.254. The van der Waals surface area contributed by atoms with E-state index in [0.717, 1.165) is 61.1 Å². The first-order chi connectivity index (χ1) is 18.0. The molecule has 2 heterocycles. The molecule has 8 heteroatoms. The van der Waals surface area contributed by atoms with Gasteiger partial charge in [0.05, 0.1) is 0 Å². The van der Waals surface area contributed by atoms with Crippen molar-refractivity contribution in [2.75, 3.05) is 25.5 Å². The molecule has 2 amide bonds. The number of pyridine rings is 1. The van der Waals surface area contributed by atoms with Crippen molar-refractivity contribution in [3.63, 3.8) is 0 Å². The average molecular weight is 500 g/mol. The normalized spacial score (nSPS) is 10.6. The molecule has 0 unspecified atom stereocenters. The molecule has 0 aliphatic rings. The fourth-order valence-corrected chi connectivity index (χ4v) is 4.61. The Balaban J connectivity index is 0.00000186. The SMILES string of the molecule is CNC(=O)Nc1ccc2[nH]c(-c3cc(C)cc(C)c3)c(CCNCCCCc3cccnc3)c2c1.N=N. The number of aromatic nitrogens is 2. The quantitative estimate of drug-likeness (QED) is 0.112. The number of amides is 2. The minimum Gasteiger partial charge on any atom is -0.354 e. The van der Waals surface area contributed by atoms with Crippen LogP contribution in [0.25, 0.3) is 22.2 Å². The Morgan fingerprint density at radius 2 is 1.76 bits per heavy atom. The van der Waals surface area contributed by atoms with Gasteiger partial charge >= 0.3 is 6.03 Å². The number of fused-ring (bicyclic) bond motifs is 1. The summed E-state index contributed by atoms with van der Waals surface area (Å²) in [7, 11) is 1.62. The Labute approximate surface area is 218 Å². The Morgan fingerprint density at radius 3 is 2.46 bits per heavy atom. The first-order valence-corrected chi connectivity index (χ1v) is 12.6. The standard InChI is InChI=1S/C29H35N5O.H2N2/c1-20-15-21(2)17-23(16-20)28-25(11-14-31-12-5-4-7-22-8-6-13-32-19-22)26-18-24(33-29(35)30-3)9-10-27(26)34-28;1-2/h6,8-10,13,15-19,31,34H,4-5,7,11-12,14H2,1-3H3,(H2,30,33,35);1-2H. The number of rotatable bonds is 10. The molecule has 194 valence electrons. The number of hydrogen-bond donors (Lipinski definition) is 6. The van der Waals surface area contributed by atoms with E-state index in [-0.39, 0.29) is 6.03 Å². The van der Waals surface area contributed by atoms with Crippen LogP contribution in [0, 0.1) is 24.9 Å². The van der Waals surface area contributed by atoms with Gasteiger partial charge in [-0.1, -0.05) is 23.3 Å². The number of aromatic amines is 1. The van der Waals surface area contributed by atoms with Crippen LogP contribution in [0.1, 0.15) is 35.1 Å². The molecule has 0 atom stereocenters. The van der Waals surface area contributed by atoms with E-state index in [1.807, 2.05) is 30.6 Å². The summed E-state index contributed by atoms with van der Waals surface area (Å²) in [6, 6.07) is 16.6. The second kappa shape index (κ2) is 13.9. The van der Waals surface area contributed by atoms with E-state index in [9.17, 15) is 4.79 Å². The van der Waals surface area contributed by atoms with Crippen LogP contribution in [-0.2, 0) is 12.8 Å². The van der Waals surface area contributed by atoms with Gasteiger partial charge in [0.25, 0.3) is 0 Å². The highest BCUT2D eigenvalue weighted by molar-refractivity contribution is 5.96. The number of benzene rings is 2. The van der Waals surface area contributed by atoms with Gasteiger partial charge in [0.1, 0.15) is 0 Å². The summed E-state index contributed by atoms with van der Waals surface area (Å²) in [5.41, 5.74) is 19.3. The minimum absolute atomic E-state index is 0.219. The zero-order valence-corrected chi connectivity index (χ0v) is 21.9. The second-order valence-corrected chi connectivity index (χ2v) is 9.14. The zero-order chi connectivity index (χ0) is 26.6. The highest BCUT2D eigenvalue weighted by atomic mass is 16.2. The van der Waals surface area contributed by atoms with Crippen molar-refractivity contribution in [3.05, 3.63) is 83.2 Å². The van der Waals surface area contributed by atoms with Gasteiger partial charge in [0, 0.05) is 41.7 Å². The van der Waals surface area contributed by atoms with Crippen molar-refractivity contribution in [1.82, 2.24) is 20.6 Å². The topological polar surface area (TPSA) is 130 Å². The van der Waals surface area contributed by atoms with Crippen molar-refractivity contribution in [1.29, 1.82) is 11.1 Å². The van der Waals surface area contributed by atoms with Crippen LogP contribution in [0.15, 0.2) is 60.9 Å². The number of anilines is 1. The second-order valence-electron chi connectivity index (χ2n) is 9.14. The molecular weight excluding hydrogens is 462 g/mol. The third kappa shape index (κ3) is 7.72. The van der Waals surface area contributed by atoms with Crippen molar-refractivity contribution in [3.8, 4) is 11.3 Å². The first-order valence-electron chi connectivity index (χ1n) is 12.6. The number of aryl methyl sites for hydroxylation is 3. The van der Waals surface area contributed by atoms with E-state index in [2.05, 4.69) is 70.1 Å². The number of nitrogens with zero attached hydrogens (tertiary/aromatic N) is 1. The molecule has 4 aromatic rings. The molecule has 0 saturated heterocycles. The van der Waals surface area contributed by atoms with Gasteiger partial charge in [-0.3, -0.25) is 4.98 Å². The van der Waals surface area contributed by atoms with Crippen LogP contribution >= 0.6 is 0 Å². The van der Waals surface area contributed by atoms with E-state index in [4.69, 9.17) is 11.1 Å². The first kappa shape index (κ1) is 27.5. The van der Waals surface area contributed by atoms with Crippen LogP contribution in [0.2, 0.25) is 0 Å². The monoisotopic (exact) mass is 499 g/mol. The lowest BCUT2D eigenvalue weighted by atomic mass is 9.99. The van der Waals surface area contributed by atoms with Gasteiger partial charge in [-0.2, -0.15) is 0 Å². The molecule has 0 spiro atoms. The van der Waals surface area contributed by atoms with E-state index in [0.29, 0.717) is 0 Å². The van der Waals surface area contributed by atoms with Gasteiger partial charge in [0.2, 0.25) is 0 Å². The summed E-state index contributed by atoms with van der Waals surface area (Å²) in [6.45, 7) is 6.16. The van der Waals surface area contributed by atoms with Crippen LogP contribution in [0.4, 0.5) is 10.5 Å². The molecule has 8 nitrogen and oxygen atoms in total. The number of carbonyl (C=O) groups is 1. The van der Waals surface area contributed by atoms with Crippen LogP contribution in [-0.4, -0.2) is 36.1 Å². The number of hydrogen-bond acceptors (Lipinski definition) is 5. The Bertz CT molecular complexity index is 1280. The number of H-pyrrole nitrogens is 1. The third-order valence-electron chi connectivity index (χ3n) is 6.25. The predicted molar refractivity (Wildman–Crippen MR) is 150 cm³/mol. The number of unbranched alkanes of at least 4 members (excludes halogenated alkanes) is 1. The highest BCUT2D eigenvalue weighted by Gasteiger charge is 2.15. The van der Waals surface area contributed by atoms with Crippen molar-refractivity contribution in [2.24, 2.45) is 0 Å². The molecule has 0 saturated carbocycles. The summed E-state index contributed by atoms with van der Waals surface area (Å²) in [6.07, 6.45) is 8.01. The molecular formula is C29H37N7O. The van der Waals surface area contributed by atoms with Crippen LogP contribution in [0.3, 0.4) is 0 Å². The molecule has 0 fully saturated rings. The molecule has 0 radical (unpaired) electrons. The molecule has 2 aromatic heterocycles. The molecule has 6 N–H and O–H groups in total. The summed E-state index contributed by atoms with van der Waals surface area (Å²) < 4.78 is 0. The third-order valence-corrected chi connectivity index (χ3v) is 6.25. The fourth-order valence-electron chi connectivity index (χ4n) is 4.61. The van der Waals surface area contributed by atoms with Gasteiger partial charge in [-0.25, -0.2) is 15.9 Å². The molecule has 2 aromatic carbocycles.